The van der Waals surface area contributed by atoms with Crippen LogP contribution in [0.3, 0.4) is 0 Å². The van der Waals surface area contributed by atoms with Gasteiger partial charge >= 0.3 is 0 Å². The minimum Gasteiger partial charge on any atom is -0.348 e. The summed E-state index contributed by atoms with van der Waals surface area (Å²) in [6.07, 6.45) is 0. The minimum absolute atomic E-state index is 0.0604. The van der Waals surface area contributed by atoms with Gasteiger partial charge in [0.1, 0.15) is 6.04 Å². The number of benzene rings is 2. The summed E-state index contributed by atoms with van der Waals surface area (Å²) in [4.78, 5) is 12.7. The van der Waals surface area contributed by atoms with Crippen LogP contribution in [0.15, 0.2) is 47.4 Å². The van der Waals surface area contributed by atoms with Gasteiger partial charge in [0.05, 0.1) is 10.9 Å². The quantitative estimate of drug-likeness (QED) is 0.734. The van der Waals surface area contributed by atoms with E-state index < -0.39 is 39.6 Å². The number of sulfonamides is 1. The molecule has 2 rings (SSSR count). The van der Waals surface area contributed by atoms with Crippen molar-refractivity contribution in [2.45, 2.75) is 44.7 Å². The molecule has 0 radical (unpaired) electrons. The highest BCUT2D eigenvalue weighted by atomic mass is 32.2. The van der Waals surface area contributed by atoms with Crippen molar-refractivity contribution in [3.8, 4) is 0 Å². The summed E-state index contributed by atoms with van der Waals surface area (Å²) in [5.74, 6) is -2.88. The Hall–Kier alpha value is -2.32. The van der Waals surface area contributed by atoms with Crippen LogP contribution in [-0.2, 0) is 14.8 Å². The third-order valence-corrected chi connectivity index (χ3v) is 5.82. The van der Waals surface area contributed by atoms with Gasteiger partial charge in [0, 0.05) is 0 Å². The van der Waals surface area contributed by atoms with E-state index in [1.54, 1.807) is 32.9 Å². The van der Waals surface area contributed by atoms with Gasteiger partial charge < -0.3 is 5.32 Å². The summed E-state index contributed by atoms with van der Waals surface area (Å²) < 4.78 is 54.2. The van der Waals surface area contributed by atoms with Gasteiger partial charge in [-0.1, -0.05) is 37.6 Å². The molecule has 0 aliphatic carbocycles. The van der Waals surface area contributed by atoms with Crippen LogP contribution >= 0.6 is 0 Å². The number of carbonyl (C=O) groups is 1. The van der Waals surface area contributed by atoms with E-state index in [0.717, 1.165) is 17.7 Å². The molecule has 5 nitrogen and oxygen atoms in total. The molecule has 2 aromatic rings. The first-order chi connectivity index (χ1) is 13.0. The molecular formula is C20H24F2N2O3S. The van der Waals surface area contributed by atoms with Gasteiger partial charge in [0.2, 0.25) is 15.9 Å². The van der Waals surface area contributed by atoms with Crippen molar-refractivity contribution in [3.63, 3.8) is 0 Å². The van der Waals surface area contributed by atoms with Gasteiger partial charge in [-0.25, -0.2) is 17.2 Å². The van der Waals surface area contributed by atoms with Gasteiger partial charge in [0.15, 0.2) is 11.6 Å². The Labute approximate surface area is 164 Å². The summed E-state index contributed by atoms with van der Waals surface area (Å²) in [7, 11) is -3.90. The molecule has 0 aliphatic heterocycles. The van der Waals surface area contributed by atoms with E-state index in [0.29, 0.717) is 5.56 Å². The fourth-order valence-electron chi connectivity index (χ4n) is 2.61. The van der Waals surface area contributed by atoms with Crippen molar-refractivity contribution in [1.29, 1.82) is 0 Å². The highest BCUT2D eigenvalue weighted by molar-refractivity contribution is 7.89. The topological polar surface area (TPSA) is 75.3 Å². The largest absolute Gasteiger partial charge is 0.348 e. The van der Waals surface area contributed by atoms with E-state index in [1.807, 2.05) is 6.92 Å². The minimum atomic E-state index is -3.90. The van der Waals surface area contributed by atoms with E-state index in [1.165, 1.54) is 18.2 Å². The van der Waals surface area contributed by atoms with Gasteiger partial charge in [-0.15, -0.1) is 0 Å². The van der Waals surface area contributed by atoms with Crippen LogP contribution in [0.25, 0.3) is 0 Å². The van der Waals surface area contributed by atoms with Crippen LogP contribution in [0.4, 0.5) is 8.78 Å². The zero-order valence-corrected chi connectivity index (χ0v) is 17.0. The molecule has 0 heterocycles. The van der Waals surface area contributed by atoms with Crippen molar-refractivity contribution in [2.75, 3.05) is 0 Å². The molecule has 28 heavy (non-hydrogen) atoms. The average Bonchev–Trinajstić information content (AvgIpc) is 2.62. The van der Waals surface area contributed by atoms with Crippen LogP contribution in [0.1, 0.15) is 37.9 Å². The summed E-state index contributed by atoms with van der Waals surface area (Å²) in [6, 6.07) is 7.97. The molecule has 2 N–H and O–H groups in total. The molecule has 2 aromatic carbocycles. The van der Waals surface area contributed by atoms with E-state index in [2.05, 4.69) is 10.0 Å². The molecule has 0 fully saturated rings. The number of carbonyl (C=O) groups excluding carboxylic acids is 1. The number of rotatable bonds is 7. The van der Waals surface area contributed by atoms with Crippen LogP contribution in [-0.4, -0.2) is 20.4 Å². The number of hydrogen-bond acceptors (Lipinski definition) is 3. The summed E-state index contributed by atoms with van der Waals surface area (Å²) in [5.41, 5.74) is 1.29. The molecule has 2 atom stereocenters. The second kappa shape index (κ2) is 8.79. The molecule has 152 valence electrons. The van der Waals surface area contributed by atoms with Crippen molar-refractivity contribution in [1.82, 2.24) is 10.0 Å². The summed E-state index contributed by atoms with van der Waals surface area (Å²) in [6.45, 7) is 6.87. The highest BCUT2D eigenvalue weighted by Crippen LogP contribution is 2.18. The summed E-state index contributed by atoms with van der Waals surface area (Å²) >= 11 is 0. The predicted molar refractivity (Wildman–Crippen MR) is 103 cm³/mol. The maximum Gasteiger partial charge on any atom is 0.241 e. The smallest absolute Gasteiger partial charge is 0.241 e. The standard InChI is InChI=1S/C20H24F2N2O3S/c1-12(2)19(24-28(26,27)16-8-5-13(3)6-9-16)20(25)23-14(4)15-7-10-17(21)18(22)11-15/h5-12,14,19,24H,1-4H3,(H,23,25)/t14-,19-/m1/s1. The van der Waals surface area contributed by atoms with Crippen LogP contribution < -0.4 is 10.0 Å². The van der Waals surface area contributed by atoms with Crippen molar-refractivity contribution in [3.05, 3.63) is 65.2 Å². The van der Waals surface area contributed by atoms with E-state index >= 15 is 0 Å². The van der Waals surface area contributed by atoms with Crippen molar-refractivity contribution in [2.24, 2.45) is 5.92 Å². The molecule has 0 saturated carbocycles. The molecule has 1 amide bonds. The first kappa shape index (κ1) is 22.0. The zero-order chi connectivity index (χ0) is 21.1. The van der Waals surface area contributed by atoms with Gasteiger partial charge in [0.25, 0.3) is 0 Å². The lowest BCUT2D eigenvalue weighted by molar-refractivity contribution is -0.124. The Bertz CT molecular complexity index is 944. The van der Waals surface area contributed by atoms with E-state index in [-0.39, 0.29) is 10.8 Å². The van der Waals surface area contributed by atoms with Gasteiger partial charge in [-0.3, -0.25) is 4.79 Å². The number of hydrogen-bond donors (Lipinski definition) is 2. The first-order valence-corrected chi connectivity index (χ1v) is 10.3. The molecule has 0 saturated heterocycles. The number of nitrogens with one attached hydrogen (secondary N) is 2. The van der Waals surface area contributed by atoms with Gasteiger partial charge in [-0.2, -0.15) is 4.72 Å². The maximum absolute atomic E-state index is 13.4. The lowest BCUT2D eigenvalue weighted by Crippen LogP contribution is -2.50. The first-order valence-electron chi connectivity index (χ1n) is 8.85. The monoisotopic (exact) mass is 410 g/mol. The predicted octanol–water partition coefficient (Wildman–Crippen LogP) is 3.45. The number of amides is 1. The Balaban J connectivity index is 2.17. The third kappa shape index (κ3) is 5.36. The van der Waals surface area contributed by atoms with Crippen LogP contribution in [0.5, 0.6) is 0 Å². The van der Waals surface area contributed by atoms with Crippen LogP contribution in [0.2, 0.25) is 0 Å². The lowest BCUT2D eigenvalue weighted by atomic mass is 10.0. The maximum atomic E-state index is 13.4. The fraction of sp³-hybridized carbons (Fsp3) is 0.350. The fourth-order valence-corrected chi connectivity index (χ4v) is 3.96. The van der Waals surface area contributed by atoms with Crippen molar-refractivity contribution < 1.29 is 22.0 Å². The Morgan fingerprint density at radius 3 is 2.11 bits per heavy atom. The Morgan fingerprint density at radius 1 is 0.964 bits per heavy atom. The van der Waals surface area contributed by atoms with Gasteiger partial charge in [-0.05, 0) is 49.6 Å². The zero-order valence-electron chi connectivity index (χ0n) is 16.2. The number of halogens is 2. The molecule has 8 heteroatoms. The average molecular weight is 410 g/mol. The lowest BCUT2D eigenvalue weighted by Gasteiger charge is -2.24. The molecule has 0 unspecified atom stereocenters. The molecule has 0 aliphatic rings. The molecular weight excluding hydrogens is 386 g/mol. The SMILES string of the molecule is Cc1ccc(S(=O)(=O)N[C@@H](C(=O)N[C@H](C)c2ccc(F)c(F)c2)C(C)C)cc1. The summed E-state index contributed by atoms with van der Waals surface area (Å²) in [5, 5.41) is 2.65. The van der Waals surface area contributed by atoms with E-state index in [4.69, 9.17) is 0 Å². The second-order valence-electron chi connectivity index (χ2n) is 7.06. The molecule has 0 aromatic heterocycles. The van der Waals surface area contributed by atoms with Crippen molar-refractivity contribution >= 4 is 15.9 Å². The van der Waals surface area contributed by atoms with Crippen LogP contribution in [0, 0.1) is 24.5 Å². The molecule has 0 bridgehead atoms. The Kier molecular flexibility index (Phi) is 6.90. The molecule has 0 spiro atoms. The second-order valence-corrected chi connectivity index (χ2v) is 8.77. The number of aryl methyl sites for hydroxylation is 1. The highest BCUT2D eigenvalue weighted by Gasteiger charge is 2.29. The normalized spacial score (nSPS) is 14.0. The Morgan fingerprint density at radius 2 is 1.57 bits per heavy atom. The third-order valence-electron chi connectivity index (χ3n) is 4.36. The van der Waals surface area contributed by atoms with E-state index in [9.17, 15) is 22.0 Å².